The minimum atomic E-state index is -0.954. The van der Waals surface area contributed by atoms with Crippen molar-refractivity contribution in [2.24, 2.45) is 0 Å². The number of rotatable bonds is 10. The predicted octanol–water partition coefficient (Wildman–Crippen LogP) is 4.30. The number of benzene rings is 2. The Balaban J connectivity index is 1.53. The Labute approximate surface area is 170 Å². The lowest BCUT2D eigenvalue weighted by Gasteiger charge is -2.12. The third-order valence-corrected chi connectivity index (χ3v) is 4.51. The second-order valence-electron chi connectivity index (χ2n) is 6.62. The number of carboxylic acids is 1. The van der Waals surface area contributed by atoms with Gasteiger partial charge in [0.05, 0.1) is 12.3 Å². The van der Waals surface area contributed by atoms with E-state index in [1.807, 2.05) is 61.5 Å². The molecule has 0 aliphatic heterocycles. The van der Waals surface area contributed by atoms with Gasteiger partial charge in [0, 0.05) is 25.0 Å². The van der Waals surface area contributed by atoms with Gasteiger partial charge in [-0.1, -0.05) is 30.3 Å². The molecule has 2 aromatic carbocycles. The van der Waals surface area contributed by atoms with Crippen molar-refractivity contribution in [1.82, 2.24) is 4.98 Å². The number of nitrogens with zero attached hydrogens (tertiary/aromatic N) is 1. The summed E-state index contributed by atoms with van der Waals surface area (Å²) in [5.41, 5.74) is 2.71. The summed E-state index contributed by atoms with van der Waals surface area (Å²) in [6.45, 7) is 4.52. The van der Waals surface area contributed by atoms with Gasteiger partial charge in [-0.25, -0.2) is 9.78 Å². The van der Waals surface area contributed by atoms with Crippen LogP contribution in [0.2, 0.25) is 0 Å². The lowest BCUT2D eigenvalue weighted by Crippen LogP contribution is -2.26. The smallest absolute Gasteiger partial charge is 0.333 e. The number of carboxylic acid groups (broad SMARTS) is 1. The molecule has 3 aromatic rings. The first-order valence-corrected chi connectivity index (χ1v) is 9.64. The zero-order valence-corrected chi connectivity index (χ0v) is 16.6. The maximum absolute atomic E-state index is 11.2. The van der Waals surface area contributed by atoms with Crippen LogP contribution in [-0.4, -0.2) is 35.4 Å². The van der Waals surface area contributed by atoms with Crippen LogP contribution in [0.3, 0.4) is 0 Å². The summed E-state index contributed by atoms with van der Waals surface area (Å²) in [7, 11) is 0. The molecule has 6 nitrogen and oxygen atoms in total. The molecule has 1 aromatic heterocycles. The molecule has 1 N–H and O–H groups in total. The fourth-order valence-electron chi connectivity index (χ4n) is 2.98. The molecular weight excluding hydrogens is 370 g/mol. The van der Waals surface area contributed by atoms with Crippen molar-refractivity contribution in [2.75, 3.05) is 13.2 Å². The van der Waals surface area contributed by atoms with Gasteiger partial charge in [-0.2, -0.15) is 0 Å². The Bertz CT molecular complexity index is 918. The van der Waals surface area contributed by atoms with Crippen LogP contribution in [0.1, 0.15) is 23.9 Å². The fourth-order valence-corrected chi connectivity index (χ4v) is 2.98. The quantitative estimate of drug-likeness (QED) is 0.551. The molecule has 0 saturated carbocycles. The highest BCUT2D eigenvalue weighted by atomic mass is 16.5. The third-order valence-electron chi connectivity index (χ3n) is 4.51. The van der Waals surface area contributed by atoms with Crippen LogP contribution < -0.4 is 4.74 Å². The largest absolute Gasteiger partial charge is 0.493 e. The van der Waals surface area contributed by atoms with Gasteiger partial charge in [0.15, 0.2) is 6.10 Å². The highest BCUT2D eigenvalue weighted by molar-refractivity contribution is 5.72. The average Bonchev–Trinajstić information content (AvgIpc) is 3.10. The number of carbonyl (C=O) groups is 1. The highest BCUT2D eigenvalue weighted by Gasteiger charge is 2.18. The van der Waals surface area contributed by atoms with Crippen molar-refractivity contribution in [3.63, 3.8) is 0 Å². The molecule has 29 heavy (non-hydrogen) atoms. The molecule has 0 amide bonds. The summed E-state index contributed by atoms with van der Waals surface area (Å²) in [4.78, 5) is 15.8. The zero-order valence-electron chi connectivity index (χ0n) is 16.6. The van der Waals surface area contributed by atoms with Crippen molar-refractivity contribution in [3.8, 4) is 17.2 Å². The van der Waals surface area contributed by atoms with Gasteiger partial charge in [0.25, 0.3) is 0 Å². The van der Waals surface area contributed by atoms with Crippen LogP contribution in [0.5, 0.6) is 5.75 Å². The minimum absolute atomic E-state index is 0.323. The number of aliphatic carboxylic acids is 1. The van der Waals surface area contributed by atoms with Gasteiger partial charge in [-0.3, -0.25) is 0 Å². The van der Waals surface area contributed by atoms with Crippen LogP contribution in [0, 0.1) is 6.92 Å². The summed E-state index contributed by atoms with van der Waals surface area (Å²) in [6.07, 6.45) is 0.125. The first kappa shape index (κ1) is 20.6. The molecular formula is C23H25NO5. The van der Waals surface area contributed by atoms with Gasteiger partial charge in [-0.05, 0) is 43.7 Å². The summed E-state index contributed by atoms with van der Waals surface area (Å²) < 4.78 is 16.8. The molecule has 0 aliphatic rings. The molecule has 0 saturated heterocycles. The highest BCUT2D eigenvalue weighted by Crippen LogP contribution is 2.22. The van der Waals surface area contributed by atoms with E-state index in [9.17, 15) is 9.90 Å². The fraction of sp³-hybridized carbons (Fsp3) is 0.304. The van der Waals surface area contributed by atoms with E-state index in [1.54, 1.807) is 6.92 Å². The first-order chi connectivity index (χ1) is 14.1. The molecule has 1 atom stereocenters. The maximum atomic E-state index is 11.2. The zero-order chi connectivity index (χ0) is 20.6. The molecule has 0 spiro atoms. The Morgan fingerprint density at radius 1 is 1.14 bits per heavy atom. The van der Waals surface area contributed by atoms with Gasteiger partial charge in [0.1, 0.15) is 11.5 Å². The standard InChI is InChI=1S/C23H25NO5/c1-3-27-21(23(25)26)15-17-9-11-19(12-10-17)28-14-13-20-16(2)29-22(24-20)18-7-5-4-6-8-18/h4-12,21H,3,13-15H2,1-2H3,(H,25,26)/t21-/m0/s1. The maximum Gasteiger partial charge on any atom is 0.333 e. The molecule has 1 heterocycles. The number of hydrogen-bond acceptors (Lipinski definition) is 5. The number of aromatic nitrogens is 1. The summed E-state index contributed by atoms with van der Waals surface area (Å²) in [5.74, 6) is 1.18. The number of ether oxygens (including phenoxy) is 2. The van der Waals surface area contributed by atoms with E-state index in [0.29, 0.717) is 31.9 Å². The number of aryl methyl sites for hydroxylation is 1. The third kappa shape index (κ3) is 5.68. The lowest BCUT2D eigenvalue weighted by atomic mass is 10.1. The van der Waals surface area contributed by atoms with Crippen LogP contribution in [0.15, 0.2) is 59.0 Å². The van der Waals surface area contributed by atoms with E-state index in [2.05, 4.69) is 4.98 Å². The van der Waals surface area contributed by atoms with Crippen LogP contribution in [0.4, 0.5) is 0 Å². The SMILES string of the molecule is CCO[C@@H](Cc1ccc(OCCc2nc(-c3ccccc3)oc2C)cc1)C(=O)O. The lowest BCUT2D eigenvalue weighted by molar-refractivity contribution is -0.149. The van der Waals surface area contributed by atoms with E-state index in [0.717, 1.165) is 28.3 Å². The topological polar surface area (TPSA) is 81.8 Å². The minimum Gasteiger partial charge on any atom is -0.493 e. The normalized spacial score (nSPS) is 11.9. The molecule has 3 rings (SSSR count). The van der Waals surface area contributed by atoms with Crippen molar-refractivity contribution < 1.29 is 23.8 Å². The average molecular weight is 395 g/mol. The van der Waals surface area contributed by atoms with Crippen LogP contribution >= 0.6 is 0 Å². The van der Waals surface area contributed by atoms with Crippen molar-refractivity contribution >= 4 is 5.97 Å². The van der Waals surface area contributed by atoms with Crippen molar-refractivity contribution in [3.05, 3.63) is 71.6 Å². The molecule has 152 valence electrons. The Hall–Kier alpha value is -3.12. The summed E-state index contributed by atoms with van der Waals surface area (Å²) >= 11 is 0. The molecule has 0 radical (unpaired) electrons. The van der Waals surface area contributed by atoms with Gasteiger partial charge >= 0.3 is 5.97 Å². The van der Waals surface area contributed by atoms with Crippen molar-refractivity contribution in [1.29, 1.82) is 0 Å². The van der Waals surface area contributed by atoms with Gasteiger partial charge < -0.3 is 19.0 Å². The molecule has 6 heteroatoms. The van der Waals surface area contributed by atoms with E-state index < -0.39 is 12.1 Å². The molecule has 0 fully saturated rings. The van der Waals surface area contributed by atoms with E-state index in [4.69, 9.17) is 13.9 Å². The van der Waals surface area contributed by atoms with Gasteiger partial charge in [0.2, 0.25) is 5.89 Å². The van der Waals surface area contributed by atoms with E-state index >= 15 is 0 Å². The predicted molar refractivity (Wildman–Crippen MR) is 109 cm³/mol. The summed E-state index contributed by atoms with van der Waals surface area (Å²) in [5, 5.41) is 9.18. The van der Waals surface area contributed by atoms with E-state index in [1.165, 1.54) is 0 Å². The second-order valence-corrected chi connectivity index (χ2v) is 6.62. The van der Waals surface area contributed by atoms with Gasteiger partial charge in [-0.15, -0.1) is 0 Å². The second kappa shape index (κ2) is 9.89. The first-order valence-electron chi connectivity index (χ1n) is 9.64. The Morgan fingerprint density at radius 3 is 2.52 bits per heavy atom. The molecule has 0 unspecified atom stereocenters. The van der Waals surface area contributed by atoms with Crippen LogP contribution in [-0.2, 0) is 22.4 Å². The monoisotopic (exact) mass is 395 g/mol. The summed E-state index contributed by atoms with van der Waals surface area (Å²) in [6, 6.07) is 17.2. The molecule has 0 bridgehead atoms. The number of hydrogen-bond donors (Lipinski definition) is 1. The number of oxazole rings is 1. The van der Waals surface area contributed by atoms with Crippen LogP contribution in [0.25, 0.3) is 11.5 Å². The van der Waals surface area contributed by atoms with E-state index in [-0.39, 0.29) is 0 Å². The Morgan fingerprint density at radius 2 is 1.86 bits per heavy atom. The molecule has 0 aliphatic carbocycles. The Kier molecular flexibility index (Phi) is 7.03. The van der Waals surface area contributed by atoms with Crippen molar-refractivity contribution in [2.45, 2.75) is 32.8 Å².